The molecule has 2 spiro atoms. The molecule has 2 aliphatic heterocycles. The first-order valence-electron chi connectivity index (χ1n) is 11.9. The molecular formula is C26H38N2O. The number of hydrogen-bond donors (Lipinski definition) is 1. The monoisotopic (exact) mass is 394 g/mol. The van der Waals surface area contributed by atoms with Gasteiger partial charge in [-0.2, -0.15) is 0 Å². The van der Waals surface area contributed by atoms with E-state index in [0.29, 0.717) is 22.8 Å². The molecule has 2 aliphatic carbocycles. The lowest BCUT2D eigenvalue weighted by Crippen LogP contribution is -2.57. The van der Waals surface area contributed by atoms with Crippen LogP contribution in [-0.2, 0) is 10.2 Å². The molecule has 2 saturated carbocycles. The lowest BCUT2D eigenvalue weighted by Gasteiger charge is -2.54. The van der Waals surface area contributed by atoms with Gasteiger partial charge in [0.05, 0.1) is 0 Å². The molecule has 1 aromatic rings. The number of hydrogen-bond acceptors (Lipinski definition) is 2. The number of benzene rings is 1. The van der Waals surface area contributed by atoms with Crippen LogP contribution in [0.4, 0.5) is 0 Å². The summed E-state index contributed by atoms with van der Waals surface area (Å²) >= 11 is 0. The van der Waals surface area contributed by atoms with Crippen LogP contribution in [0.5, 0.6) is 0 Å². The molecule has 2 heterocycles. The maximum atomic E-state index is 13.0. The number of likely N-dealkylation sites (tertiary alicyclic amines) is 1. The quantitative estimate of drug-likeness (QED) is 0.765. The van der Waals surface area contributed by atoms with Crippen molar-refractivity contribution in [3.63, 3.8) is 0 Å². The highest BCUT2D eigenvalue weighted by atomic mass is 16.2. The second-order valence-corrected chi connectivity index (χ2v) is 11.7. The molecule has 4 aliphatic rings. The zero-order chi connectivity index (χ0) is 20.3. The summed E-state index contributed by atoms with van der Waals surface area (Å²) in [6, 6.07) is 9.29. The number of amides is 1. The Labute approximate surface area is 176 Å². The second-order valence-electron chi connectivity index (χ2n) is 11.7. The Balaban J connectivity index is 1.13. The van der Waals surface area contributed by atoms with Gasteiger partial charge in [-0.15, -0.1) is 0 Å². The molecule has 0 radical (unpaired) electrons. The Kier molecular flexibility index (Phi) is 4.62. The van der Waals surface area contributed by atoms with Crippen molar-refractivity contribution in [2.45, 2.75) is 89.0 Å². The van der Waals surface area contributed by atoms with Gasteiger partial charge < -0.3 is 10.2 Å². The van der Waals surface area contributed by atoms with Crippen LogP contribution in [0.25, 0.3) is 0 Å². The van der Waals surface area contributed by atoms with Gasteiger partial charge in [0, 0.05) is 24.5 Å². The summed E-state index contributed by atoms with van der Waals surface area (Å²) in [6.07, 6.45) is 9.79. The number of piperidine rings is 1. The first kappa shape index (κ1) is 19.6. The molecule has 1 amide bonds. The maximum Gasteiger partial charge on any atom is 0.225 e. The lowest BCUT2D eigenvalue weighted by molar-refractivity contribution is -0.144. The Morgan fingerprint density at radius 3 is 2.41 bits per heavy atom. The van der Waals surface area contributed by atoms with Gasteiger partial charge in [0.1, 0.15) is 0 Å². The van der Waals surface area contributed by atoms with Crippen molar-refractivity contribution in [3.05, 3.63) is 35.4 Å². The predicted molar refractivity (Wildman–Crippen MR) is 118 cm³/mol. The molecule has 0 unspecified atom stereocenters. The minimum atomic E-state index is 0.220. The summed E-state index contributed by atoms with van der Waals surface area (Å²) < 4.78 is 0. The standard InChI is InChI=1S/C26H38N2O/c1-24(2,3)22-7-4-6-19(14-22)20-15-25(16-20)9-12-28(13-10-25)23(29)21-17-26(18-21)8-5-11-27-26/h4,6-7,14,20-21,27H,5,8-13,15-18H2,1-3H3. The normalized spacial score (nSPS) is 28.4. The molecule has 5 rings (SSSR count). The van der Waals surface area contributed by atoms with Gasteiger partial charge in [-0.3, -0.25) is 4.79 Å². The third kappa shape index (κ3) is 3.54. The number of carbonyl (C=O) groups excluding carboxylic acids is 1. The van der Waals surface area contributed by atoms with E-state index in [-0.39, 0.29) is 5.41 Å². The number of carbonyl (C=O) groups is 1. The number of rotatable bonds is 2. The van der Waals surface area contributed by atoms with E-state index in [0.717, 1.165) is 38.4 Å². The topological polar surface area (TPSA) is 32.3 Å². The van der Waals surface area contributed by atoms with Crippen molar-refractivity contribution in [2.24, 2.45) is 11.3 Å². The molecule has 4 fully saturated rings. The zero-order valence-corrected chi connectivity index (χ0v) is 18.6. The fraction of sp³-hybridized carbons (Fsp3) is 0.731. The Morgan fingerprint density at radius 1 is 1.07 bits per heavy atom. The number of nitrogens with zero attached hydrogens (tertiary/aromatic N) is 1. The average molecular weight is 395 g/mol. The van der Waals surface area contributed by atoms with Gasteiger partial charge in [-0.1, -0.05) is 45.0 Å². The molecule has 158 valence electrons. The van der Waals surface area contributed by atoms with Crippen LogP contribution in [0.3, 0.4) is 0 Å². The van der Waals surface area contributed by atoms with Gasteiger partial charge in [0.25, 0.3) is 0 Å². The SMILES string of the molecule is CC(C)(C)c1cccc(C2CC3(CCN(C(=O)C4CC5(CCCN5)C4)CC3)C2)c1. The minimum Gasteiger partial charge on any atom is -0.342 e. The molecule has 29 heavy (non-hydrogen) atoms. The van der Waals surface area contributed by atoms with Crippen LogP contribution in [0.15, 0.2) is 24.3 Å². The van der Waals surface area contributed by atoms with Crippen LogP contribution < -0.4 is 5.32 Å². The van der Waals surface area contributed by atoms with E-state index in [1.807, 2.05) is 0 Å². The van der Waals surface area contributed by atoms with Crippen molar-refractivity contribution in [3.8, 4) is 0 Å². The molecule has 3 nitrogen and oxygen atoms in total. The first-order valence-corrected chi connectivity index (χ1v) is 11.9. The lowest BCUT2D eigenvalue weighted by atomic mass is 9.55. The summed E-state index contributed by atoms with van der Waals surface area (Å²) in [5.41, 5.74) is 4.04. The molecule has 0 bridgehead atoms. The van der Waals surface area contributed by atoms with Gasteiger partial charge in [0.2, 0.25) is 5.91 Å². The Hall–Kier alpha value is -1.35. The molecule has 1 aromatic carbocycles. The number of nitrogens with one attached hydrogen (secondary N) is 1. The van der Waals surface area contributed by atoms with Gasteiger partial charge in [0.15, 0.2) is 0 Å². The molecule has 1 N–H and O–H groups in total. The van der Waals surface area contributed by atoms with Crippen molar-refractivity contribution in [2.75, 3.05) is 19.6 Å². The highest BCUT2D eigenvalue weighted by Gasteiger charge is 2.51. The summed E-state index contributed by atoms with van der Waals surface area (Å²) in [5, 5.41) is 3.65. The largest absolute Gasteiger partial charge is 0.342 e. The van der Waals surface area contributed by atoms with E-state index in [1.54, 1.807) is 0 Å². The summed E-state index contributed by atoms with van der Waals surface area (Å²) in [5.74, 6) is 1.47. The van der Waals surface area contributed by atoms with E-state index < -0.39 is 0 Å². The van der Waals surface area contributed by atoms with Crippen molar-refractivity contribution >= 4 is 5.91 Å². The fourth-order valence-electron chi connectivity index (χ4n) is 6.62. The second kappa shape index (κ2) is 6.83. The first-order chi connectivity index (χ1) is 13.8. The van der Waals surface area contributed by atoms with Crippen LogP contribution in [0.1, 0.15) is 89.2 Å². The van der Waals surface area contributed by atoms with Gasteiger partial charge in [-0.05, 0) is 85.8 Å². The highest BCUT2D eigenvalue weighted by Crippen LogP contribution is 2.57. The fourth-order valence-corrected chi connectivity index (χ4v) is 6.62. The van der Waals surface area contributed by atoms with E-state index in [4.69, 9.17) is 0 Å². The van der Waals surface area contributed by atoms with Crippen molar-refractivity contribution in [1.82, 2.24) is 10.2 Å². The summed E-state index contributed by atoms with van der Waals surface area (Å²) in [6.45, 7) is 10.0. The third-order valence-corrected chi connectivity index (χ3v) is 8.67. The third-order valence-electron chi connectivity index (χ3n) is 8.67. The summed E-state index contributed by atoms with van der Waals surface area (Å²) in [4.78, 5) is 15.2. The van der Waals surface area contributed by atoms with Crippen molar-refractivity contribution in [1.29, 1.82) is 0 Å². The average Bonchev–Trinajstić information content (AvgIpc) is 3.14. The van der Waals surface area contributed by atoms with Gasteiger partial charge in [-0.25, -0.2) is 0 Å². The van der Waals surface area contributed by atoms with Crippen LogP contribution >= 0.6 is 0 Å². The van der Waals surface area contributed by atoms with Crippen molar-refractivity contribution < 1.29 is 4.79 Å². The zero-order valence-electron chi connectivity index (χ0n) is 18.6. The molecule has 3 heteroatoms. The smallest absolute Gasteiger partial charge is 0.225 e. The van der Waals surface area contributed by atoms with E-state index >= 15 is 0 Å². The van der Waals surface area contributed by atoms with Gasteiger partial charge >= 0.3 is 0 Å². The molecule has 0 aromatic heterocycles. The highest BCUT2D eigenvalue weighted by molar-refractivity contribution is 5.80. The maximum absolute atomic E-state index is 13.0. The minimum absolute atomic E-state index is 0.220. The van der Waals surface area contributed by atoms with Crippen LogP contribution in [-0.4, -0.2) is 36.0 Å². The summed E-state index contributed by atoms with van der Waals surface area (Å²) in [7, 11) is 0. The van der Waals surface area contributed by atoms with Crippen LogP contribution in [0.2, 0.25) is 0 Å². The molecule has 0 atom stereocenters. The molecule has 2 saturated heterocycles. The Morgan fingerprint density at radius 2 is 1.79 bits per heavy atom. The Bertz CT molecular complexity index is 762. The van der Waals surface area contributed by atoms with E-state index in [9.17, 15) is 4.79 Å². The molecular weight excluding hydrogens is 356 g/mol. The van der Waals surface area contributed by atoms with E-state index in [1.165, 1.54) is 49.7 Å². The van der Waals surface area contributed by atoms with Crippen LogP contribution in [0, 0.1) is 11.3 Å². The van der Waals surface area contributed by atoms with E-state index in [2.05, 4.69) is 55.3 Å². The predicted octanol–water partition coefficient (Wildman–Crippen LogP) is 5.00.